The van der Waals surface area contributed by atoms with Gasteiger partial charge in [0.2, 0.25) is 5.91 Å². The fraction of sp³-hybridized carbons (Fsp3) is 0.635. The van der Waals surface area contributed by atoms with E-state index >= 15 is 0 Å². The molecule has 0 aliphatic carbocycles. The maximum absolute atomic E-state index is 13.0. The average Bonchev–Trinajstić information content (AvgIpc) is 3.38. The van der Waals surface area contributed by atoms with Crippen molar-refractivity contribution in [2.24, 2.45) is 0 Å². The molecule has 9 heteroatoms. The Bertz CT molecular complexity index is 1580. The Kier molecular flexibility index (Phi) is 46.9. The summed E-state index contributed by atoms with van der Waals surface area (Å²) in [5.74, 6) is -0.199. The molecule has 9 nitrogen and oxygen atoms in total. The van der Waals surface area contributed by atoms with Crippen LogP contribution in [0.15, 0.2) is 134 Å². The number of aliphatic hydroxyl groups excluding tert-OH is 5. The van der Waals surface area contributed by atoms with Gasteiger partial charge < -0.3 is 40.3 Å². The van der Waals surface area contributed by atoms with Gasteiger partial charge in [0.1, 0.15) is 24.4 Å². The van der Waals surface area contributed by atoms with Crippen molar-refractivity contribution in [1.82, 2.24) is 5.32 Å². The molecule has 1 saturated heterocycles. The monoisotopic (exact) mass is 1000 g/mol. The minimum absolute atomic E-state index is 0.199. The quantitative estimate of drug-likeness (QED) is 0.0261. The summed E-state index contributed by atoms with van der Waals surface area (Å²) in [5, 5.41) is 54.2. The van der Waals surface area contributed by atoms with Gasteiger partial charge in [-0.2, -0.15) is 0 Å². The molecular formula is C63H103NO8. The zero-order valence-electron chi connectivity index (χ0n) is 45.1. The third kappa shape index (κ3) is 39.8. The van der Waals surface area contributed by atoms with Crippen LogP contribution in [0.3, 0.4) is 0 Å². The van der Waals surface area contributed by atoms with Crippen LogP contribution in [0.1, 0.15) is 200 Å². The molecule has 1 fully saturated rings. The Morgan fingerprint density at radius 2 is 0.875 bits per heavy atom. The van der Waals surface area contributed by atoms with E-state index in [0.717, 1.165) is 109 Å². The van der Waals surface area contributed by atoms with E-state index in [-0.39, 0.29) is 12.5 Å². The van der Waals surface area contributed by atoms with Gasteiger partial charge in [-0.1, -0.05) is 225 Å². The van der Waals surface area contributed by atoms with Crippen molar-refractivity contribution < 1.29 is 39.8 Å². The first kappa shape index (κ1) is 66.3. The van der Waals surface area contributed by atoms with E-state index in [9.17, 15) is 30.3 Å². The molecule has 0 spiro atoms. The number of hydrogen-bond acceptors (Lipinski definition) is 8. The van der Waals surface area contributed by atoms with Crippen LogP contribution in [0.5, 0.6) is 0 Å². The topological polar surface area (TPSA) is 149 Å². The van der Waals surface area contributed by atoms with E-state index in [1.54, 1.807) is 6.08 Å². The summed E-state index contributed by atoms with van der Waals surface area (Å²) in [6.07, 6.45) is 71.1. The van der Waals surface area contributed by atoms with Crippen LogP contribution < -0.4 is 5.32 Å². The summed E-state index contributed by atoms with van der Waals surface area (Å²) in [7, 11) is 0. The molecular weight excluding hydrogens is 899 g/mol. The molecule has 0 aromatic heterocycles. The Morgan fingerprint density at radius 1 is 0.486 bits per heavy atom. The Hall–Kier alpha value is -3.67. The minimum atomic E-state index is -1.58. The van der Waals surface area contributed by atoms with Crippen molar-refractivity contribution >= 4 is 5.91 Å². The van der Waals surface area contributed by atoms with Gasteiger partial charge in [0.05, 0.1) is 25.4 Å². The third-order valence-corrected chi connectivity index (χ3v) is 12.5. The number of ether oxygens (including phenoxy) is 2. The second kappa shape index (κ2) is 50.8. The number of nitrogens with one attached hydrogen (secondary N) is 1. The first-order valence-electron chi connectivity index (χ1n) is 28.4. The highest BCUT2D eigenvalue weighted by Gasteiger charge is 2.44. The highest BCUT2D eigenvalue weighted by Crippen LogP contribution is 2.22. The summed E-state index contributed by atoms with van der Waals surface area (Å²) in [4.78, 5) is 13.0. The van der Waals surface area contributed by atoms with Crippen molar-refractivity contribution in [3.63, 3.8) is 0 Å². The van der Waals surface area contributed by atoms with Crippen molar-refractivity contribution in [2.45, 2.75) is 243 Å². The van der Waals surface area contributed by atoms with E-state index in [2.05, 4.69) is 141 Å². The fourth-order valence-corrected chi connectivity index (χ4v) is 7.99. The van der Waals surface area contributed by atoms with E-state index in [0.29, 0.717) is 6.42 Å². The number of carbonyl (C=O) groups excluding carboxylic acids is 1. The summed E-state index contributed by atoms with van der Waals surface area (Å²) >= 11 is 0. The van der Waals surface area contributed by atoms with Gasteiger partial charge in [0.15, 0.2) is 6.29 Å². The van der Waals surface area contributed by atoms with Gasteiger partial charge in [-0.3, -0.25) is 4.79 Å². The maximum Gasteiger partial charge on any atom is 0.220 e. The highest BCUT2D eigenvalue weighted by molar-refractivity contribution is 5.76. The van der Waals surface area contributed by atoms with Gasteiger partial charge in [-0.05, 0) is 103 Å². The predicted octanol–water partition coefficient (Wildman–Crippen LogP) is 14.1. The summed E-state index contributed by atoms with van der Waals surface area (Å²) in [5.41, 5.74) is 0. The van der Waals surface area contributed by atoms with Gasteiger partial charge in [-0.15, -0.1) is 0 Å². The molecule has 0 bridgehead atoms. The van der Waals surface area contributed by atoms with E-state index in [1.807, 2.05) is 6.08 Å². The predicted molar refractivity (Wildman–Crippen MR) is 303 cm³/mol. The first-order chi connectivity index (χ1) is 35.3. The Balaban J connectivity index is 2.12. The average molecular weight is 1000 g/mol. The summed E-state index contributed by atoms with van der Waals surface area (Å²) < 4.78 is 11.2. The molecule has 1 aliphatic heterocycles. The molecule has 0 radical (unpaired) electrons. The van der Waals surface area contributed by atoms with Crippen molar-refractivity contribution in [3.8, 4) is 0 Å². The number of rotatable bonds is 46. The fourth-order valence-electron chi connectivity index (χ4n) is 7.99. The molecule has 0 saturated carbocycles. The number of aliphatic hydroxyl groups is 5. The van der Waals surface area contributed by atoms with Crippen LogP contribution in [0, 0.1) is 0 Å². The van der Waals surface area contributed by atoms with Gasteiger partial charge >= 0.3 is 0 Å². The SMILES string of the molecule is CC/C=C\C/C=C\C/C=C\C/C=C\C/C=C\C/C=C\C/C=C\C/C=C\C/C=C\CCCCCCCCCCCCCC(=O)NC(COC1OC(CO)C(O)C(O)C1O)C(O)/C=C/CC/C=C/CCCCCC. The molecule has 0 aromatic carbocycles. The highest BCUT2D eigenvalue weighted by atomic mass is 16.7. The molecule has 1 rings (SSSR count). The zero-order valence-corrected chi connectivity index (χ0v) is 45.1. The van der Waals surface area contributed by atoms with Crippen molar-refractivity contribution in [1.29, 1.82) is 0 Å². The van der Waals surface area contributed by atoms with Gasteiger partial charge in [-0.25, -0.2) is 0 Å². The van der Waals surface area contributed by atoms with Crippen molar-refractivity contribution in [3.05, 3.63) is 134 Å². The zero-order chi connectivity index (χ0) is 52.2. The molecule has 1 amide bonds. The summed E-state index contributed by atoms with van der Waals surface area (Å²) in [6, 6.07) is -0.830. The van der Waals surface area contributed by atoms with Crippen LogP contribution >= 0.6 is 0 Å². The van der Waals surface area contributed by atoms with E-state index in [4.69, 9.17) is 9.47 Å². The number of carbonyl (C=O) groups is 1. The number of unbranched alkanes of at least 4 members (excludes halogenated alkanes) is 16. The second-order valence-electron chi connectivity index (χ2n) is 19.0. The molecule has 7 atom stereocenters. The molecule has 0 aromatic rings. The second-order valence-corrected chi connectivity index (χ2v) is 19.0. The largest absolute Gasteiger partial charge is 0.394 e. The molecule has 1 aliphatic rings. The van der Waals surface area contributed by atoms with Crippen LogP contribution in [0.2, 0.25) is 0 Å². The maximum atomic E-state index is 13.0. The lowest BCUT2D eigenvalue weighted by molar-refractivity contribution is -0.302. The lowest BCUT2D eigenvalue weighted by Crippen LogP contribution is -2.60. The molecule has 1 heterocycles. The van der Waals surface area contributed by atoms with Gasteiger partial charge in [0.25, 0.3) is 0 Å². The molecule has 6 N–H and O–H groups in total. The third-order valence-electron chi connectivity index (χ3n) is 12.5. The lowest BCUT2D eigenvalue weighted by atomic mass is 9.99. The van der Waals surface area contributed by atoms with Crippen molar-refractivity contribution in [2.75, 3.05) is 13.2 Å². The van der Waals surface area contributed by atoms with Crippen LogP contribution in [0.25, 0.3) is 0 Å². The van der Waals surface area contributed by atoms with E-state index < -0.39 is 49.5 Å². The Morgan fingerprint density at radius 3 is 1.33 bits per heavy atom. The standard InChI is InChI=1S/C63H103NO8/c1-3-5-7-9-11-13-15-16-17-18-19-20-21-22-23-24-25-26-27-28-29-30-31-32-33-34-35-36-37-38-39-40-41-42-43-45-47-49-51-53-59(67)64-56(55-71-63-62(70)61(69)60(68)58(54-65)72-63)57(66)52-50-48-46-44-14-12-10-8-6-4-2/h5,7,11,13-14,16-17,19-20,22-23,25-26,28-29,31-32,34-35,44,50,52,56-58,60-63,65-66,68-70H,3-4,6,8-10,12,15,18,21,24,27,30,33,36-43,45-49,51,53-55H2,1-2H3,(H,64,67)/b7-5-,13-11-,17-16-,20-19-,23-22-,26-25-,29-28-,32-31-,35-34-,44-14+,52-50+. The number of allylic oxidation sites excluding steroid dienone is 21. The van der Waals surface area contributed by atoms with Gasteiger partial charge in [0, 0.05) is 6.42 Å². The minimum Gasteiger partial charge on any atom is -0.394 e. The lowest BCUT2D eigenvalue weighted by Gasteiger charge is -2.40. The molecule has 7 unspecified atom stereocenters. The van der Waals surface area contributed by atoms with Crippen LogP contribution in [-0.2, 0) is 14.3 Å². The summed E-state index contributed by atoms with van der Waals surface area (Å²) in [6.45, 7) is 3.58. The smallest absolute Gasteiger partial charge is 0.220 e. The van der Waals surface area contributed by atoms with E-state index in [1.165, 1.54) is 70.6 Å². The number of hydrogen-bond donors (Lipinski definition) is 6. The molecule has 72 heavy (non-hydrogen) atoms. The van der Waals surface area contributed by atoms with Crippen LogP contribution in [-0.4, -0.2) is 87.5 Å². The van der Waals surface area contributed by atoms with Crippen LogP contribution in [0.4, 0.5) is 0 Å². The normalized spacial score (nSPS) is 20.2. The first-order valence-corrected chi connectivity index (χ1v) is 28.4. The molecule has 408 valence electrons. The number of amides is 1. The Labute approximate surface area is 439 Å².